The number of benzene rings is 1. The normalized spacial score (nSPS) is 11.2. The van der Waals surface area contributed by atoms with Crippen molar-refractivity contribution in [2.75, 3.05) is 13.1 Å². The second-order valence-corrected chi connectivity index (χ2v) is 5.92. The molecule has 0 fully saturated rings. The molecule has 0 aliphatic heterocycles. The van der Waals surface area contributed by atoms with Crippen LogP contribution in [0.25, 0.3) is 0 Å². The van der Waals surface area contributed by atoms with Crippen LogP contribution in [-0.2, 0) is 20.0 Å². The molecule has 1 aromatic carbocycles. The van der Waals surface area contributed by atoms with Crippen LogP contribution < -0.4 is 10.6 Å². The Labute approximate surface area is 170 Å². The van der Waals surface area contributed by atoms with Gasteiger partial charge in [-0.2, -0.15) is 5.10 Å². The SMILES string of the molecule is CCNC(=NCc1c(C)nn(C)c1C)NCCc1cc(F)cc(F)c1.I. The fourth-order valence-corrected chi connectivity index (χ4v) is 2.63. The average molecular weight is 477 g/mol. The molecule has 0 spiro atoms. The molecule has 8 heteroatoms. The third-order valence-electron chi connectivity index (χ3n) is 4.03. The number of aliphatic imine (C=N–C) groups is 1. The Morgan fingerprint density at radius 2 is 1.81 bits per heavy atom. The van der Waals surface area contributed by atoms with Gasteiger partial charge in [0.25, 0.3) is 0 Å². The van der Waals surface area contributed by atoms with Crippen LogP contribution in [-0.4, -0.2) is 28.8 Å². The van der Waals surface area contributed by atoms with Crippen LogP contribution in [0.5, 0.6) is 0 Å². The highest BCUT2D eigenvalue weighted by molar-refractivity contribution is 14.0. The van der Waals surface area contributed by atoms with Crippen molar-refractivity contribution in [3.05, 3.63) is 52.3 Å². The lowest BCUT2D eigenvalue weighted by Crippen LogP contribution is -2.38. The van der Waals surface area contributed by atoms with Crippen LogP contribution in [0.2, 0.25) is 0 Å². The molecule has 0 amide bonds. The fourth-order valence-electron chi connectivity index (χ4n) is 2.63. The molecule has 0 aliphatic carbocycles. The molecule has 2 rings (SSSR count). The molecule has 0 saturated heterocycles. The highest BCUT2D eigenvalue weighted by atomic mass is 127. The van der Waals surface area contributed by atoms with Crippen molar-refractivity contribution >= 4 is 29.9 Å². The standard InChI is InChI=1S/C18H25F2N5.HI/c1-5-21-18(23-11-17-12(2)24-25(4)13(17)3)22-7-6-14-8-15(19)10-16(20)9-14;/h8-10H,5-7,11H2,1-4H3,(H2,21,22,23);1H. The maximum Gasteiger partial charge on any atom is 0.191 e. The van der Waals surface area contributed by atoms with Crippen molar-refractivity contribution in [3.63, 3.8) is 0 Å². The first-order chi connectivity index (χ1) is 11.9. The zero-order valence-corrected chi connectivity index (χ0v) is 17.9. The first-order valence-corrected chi connectivity index (χ1v) is 8.37. The quantitative estimate of drug-likeness (QED) is 0.382. The minimum absolute atomic E-state index is 0. The smallest absolute Gasteiger partial charge is 0.191 e. The van der Waals surface area contributed by atoms with E-state index in [4.69, 9.17) is 0 Å². The Balaban J connectivity index is 0.00000338. The van der Waals surface area contributed by atoms with Gasteiger partial charge in [0.05, 0.1) is 12.2 Å². The van der Waals surface area contributed by atoms with E-state index in [0.29, 0.717) is 31.0 Å². The van der Waals surface area contributed by atoms with Crippen molar-refractivity contribution in [2.45, 2.75) is 33.7 Å². The van der Waals surface area contributed by atoms with E-state index in [1.807, 2.05) is 32.5 Å². The molecule has 1 heterocycles. The molecule has 0 aliphatic rings. The molecular formula is C18H26F2IN5. The van der Waals surface area contributed by atoms with E-state index < -0.39 is 11.6 Å². The molecule has 0 saturated carbocycles. The highest BCUT2D eigenvalue weighted by Gasteiger charge is 2.09. The Hall–Kier alpha value is -1.71. The van der Waals surface area contributed by atoms with Crippen LogP contribution in [0.1, 0.15) is 29.4 Å². The number of halogens is 3. The van der Waals surface area contributed by atoms with Crippen molar-refractivity contribution in [1.29, 1.82) is 0 Å². The van der Waals surface area contributed by atoms with Crippen LogP contribution in [0.4, 0.5) is 8.78 Å². The number of nitrogens with one attached hydrogen (secondary N) is 2. The maximum atomic E-state index is 13.2. The summed E-state index contributed by atoms with van der Waals surface area (Å²) in [4.78, 5) is 4.58. The van der Waals surface area contributed by atoms with Crippen LogP contribution in [0, 0.1) is 25.5 Å². The zero-order chi connectivity index (χ0) is 18.4. The largest absolute Gasteiger partial charge is 0.357 e. The van der Waals surface area contributed by atoms with Gasteiger partial charge in [-0.15, -0.1) is 24.0 Å². The highest BCUT2D eigenvalue weighted by Crippen LogP contribution is 2.13. The van der Waals surface area contributed by atoms with Gasteiger partial charge in [-0.1, -0.05) is 0 Å². The summed E-state index contributed by atoms with van der Waals surface area (Å²) in [7, 11) is 1.91. The van der Waals surface area contributed by atoms with Gasteiger partial charge < -0.3 is 10.6 Å². The van der Waals surface area contributed by atoms with Crippen LogP contribution in [0.15, 0.2) is 23.2 Å². The summed E-state index contributed by atoms with van der Waals surface area (Å²) < 4.78 is 28.3. The number of guanidine groups is 1. The molecule has 0 atom stereocenters. The minimum Gasteiger partial charge on any atom is -0.357 e. The van der Waals surface area contributed by atoms with Crippen molar-refractivity contribution < 1.29 is 8.78 Å². The van der Waals surface area contributed by atoms with Gasteiger partial charge in [-0.25, -0.2) is 13.8 Å². The summed E-state index contributed by atoms with van der Waals surface area (Å²) in [6, 6.07) is 3.56. The number of rotatable bonds is 6. The third-order valence-corrected chi connectivity index (χ3v) is 4.03. The number of aryl methyl sites for hydroxylation is 2. The second kappa shape index (κ2) is 10.4. The molecular weight excluding hydrogens is 451 g/mol. The van der Waals surface area contributed by atoms with E-state index in [0.717, 1.165) is 29.6 Å². The minimum atomic E-state index is -0.557. The van der Waals surface area contributed by atoms with Gasteiger partial charge in [0.1, 0.15) is 11.6 Å². The summed E-state index contributed by atoms with van der Waals surface area (Å²) >= 11 is 0. The Morgan fingerprint density at radius 1 is 1.15 bits per heavy atom. The van der Waals surface area contributed by atoms with E-state index in [-0.39, 0.29) is 24.0 Å². The van der Waals surface area contributed by atoms with Gasteiger partial charge in [-0.3, -0.25) is 4.68 Å². The molecule has 144 valence electrons. The molecule has 26 heavy (non-hydrogen) atoms. The summed E-state index contributed by atoms with van der Waals surface area (Å²) in [6.07, 6.45) is 0.504. The fraction of sp³-hybridized carbons (Fsp3) is 0.444. The topological polar surface area (TPSA) is 54.2 Å². The van der Waals surface area contributed by atoms with Gasteiger partial charge >= 0.3 is 0 Å². The first-order valence-electron chi connectivity index (χ1n) is 8.37. The zero-order valence-electron chi connectivity index (χ0n) is 15.6. The lowest BCUT2D eigenvalue weighted by molar-refractivity contribution is 0.579. The molecule has 1 aromatic heterocycles. The monoisotopic (exact) mass is 477 g/mol. The molecule has 2 aromatic rings. The molecule has 2 N–H and O–H groups in total. The molecule has 5 nitrogen and oxygen atoms in total. The van der Waals surface area contributed by atoms with E-state index in [1.165, 1.54) is 12.1 Å². The lowest BCUT2D eigenvalue weighted by atomic mass is 10.1. The number of hydrogen-bond acceptors (Lipinski definition) is 2. The van der Waals surface area contributed by atoms with E-state index >= 15 is 0 Å². The summed E-state index contributed by atoms with van der Waals surface area (Å²) in [5, 5.41) is 10.8. The predicted octanol–water partition coefficient (Wildman–Crippen LogP) is 3.23. The predicted molar refractivity (Wildman–Crippen MR) is 111 cm³/mol. The van der Waals surface area contributed by atoms with Crippen molar-refractivity contribution in [1.82, 2.24) is 20.4 Å². The van der Waals surface area contributed by atoms with E-state index in [1.54, 1.807) is 0 Å². The van der Waals surface area contributed by atoms with Crippen molar-refractivity contribution in [3.8, 4) is 0 Å². The van der Waals surface area contributed by atoms with Crippen LogP contribution in [0.3, 0.4) is 0 Å². The number of hydrogen-bond donors (Lipinski definition) is 2. The number of aromatic nitrogens is 2. The number of nitrogens with zero attached hydrogens (tertiary/aromatic N) is 3. The average Bonchev–Trinajstić information content (AvgIpc) is 2.77. The Bertz CT molecular complexity index is 738. The van der Waals surface area contributed by atoms with E-state index in [9.17, 15) is 8.78 Å². The third kappa shape index (κ3) is 6.22. The summed E-state index contributed by atoms with van der Waals surface area (Å²) in [6.45, 7) is 7.75. The van der Waals surface area contributed by atoms with Gasteiger partial charge in [0.2, 0.25) is 0 Å². The first kappa shape index (κ1) is 22.3. The van der Waals surface area contributed by atoms with Crippen LogP contribution >= 0.6 is 24.0 Å². The van der Waals surface area contributed by atoms with Gasteiger partial charge in [0.15, 0.2) is 5.96 Å². The van der Waals surface area contributed by atoms with Gasteiger partial charge in [0, 0.05) is 37.5 Å². The maximum absolute atomic E-state index is 13.2. The van der Waals surface area contributed by atoms with Crippen molar-refractivity contribution in [2.24, 2.45) is 12.0 Å². The lowest BCUT2D eigenvalue weighted by Gasteiger charge is -2.11. The van der Waals surface area contributed by atoms with Gasteiger partial charge in [-0.05, 0) is 44.9 Å². The van der Waals surface area contributed by atoms with E-state index in [2.05, 4.69) is 20.7 Å². The molecule has 0 bridgehead atoms. The summed E-state index contributed by atoms with van der Waals surface area (Å²) in [5.41, 5.74) is 3.77. The Morgan fingerprint density at radius 3 is 2.35 bits per heavy atom. The molecule has 0 unspecified atom stereocenters. The Kier molecular flexibility index (Phi) is 8.97. The summed E-state index contributed by atoms with van der Waals surface area (Å²) in [5.74, 6) is -0.446. The second-order valence-electron chi connectivity index (χ2n) is 5.92. The molecule has 0 radical (unpaired) electrons.